The van der Waals surface area contributed by atoms with Gasteiger partial charge < -0.3 is 14.6 Å². The van der Waals surface area contributed by atoms with Gasteiger partial charge in [0, 0.05) is 11.9 Å². The van der Waals surface area contributed by atoms with Crippen LogP contribution in [-0.2, 0) is 31.3 Å². The Labute approximate surface area is 206 Å². The highest BCUT2D eigenvalue weighted by atomic mass is 35.5. The second kappa shape index (κ2) is 11.1. The number of amides is 1. The summed E-state index contributed by atoms with van der Waals surface area (Å²) in [6, 6.07) is 9.56. The fourth-order valence-corrected chi connectivity index (χ4v) is 5.90. The molecule has 0 fully saturated rings. The number of anilines is 1. The number of thiophene rings is 1. The molecule has 1 aromatic carbocycles. The number of nitrogens with one attached hydrogen (secondary N) is 1. The molecule has 0 spiro atoms. The molecule has 2 aromatic heterocycles. The molecule has 1 aliphatic carbocycles. The number of halogens is 1. The van der Waals surface area contributed by atoms with Gasteiger partial charge in [0.25, 0.3) is 0 Å². The number of ether oxygens (including phenoxy) is 1. The van der Waals surface area contributed by atoms with Gasteiger partial charge in [-0.3, -0.25) is 4.79 Å². The van der Waals surface area contributed by atoms with Gasteiger partial charge in [-0.1, -0.05) is 48.3 Å². The summed E-state index contributed by atoms with van der Waals surface area (Å²) in [6.45, 7) is 0.215. The molecule has 0 bridgehead atoms. The third kappa shape index (κ3) is 5.69. The molecule has 172 valence electrons. The molecule has 0 unspecified atom stereocenters. The third-order valence-corrected chi connectivity index (χ3v) is 8.03. The highest BCUT2D eigenvalue weighted by molar-refractivity contribution is 7.99. The monoisotopic (exact) mass is 501 g/mol. The lowest BCUT2D eigenvalue weighted by Gasteiger charge is -2.08. The largest absolute Gasteiger partial charge is 0.484 e. The van der Waals surface area contributed by atoms with E-state index < -0.39 is 0 Å². The Bertz CT molecular complexity index is 1180. The first kappa shape index (κ1) is 23.6. The summed E-state index contributed by atoms with van der Waals surface area (Å²) in [7, 11) is 1.83. The quantitative estimate of drug-likeness (QED) is 0.437. The van der Waals surface area contributed by atoms with Gasteiger partial charge in [0.2, 0.25) is 5.91 Å². The first-order chi connectivity index (χ1) is 16.1. The topological polar surface area (TPSA) is 92.8 Å². The summed E-state index contributed by atoms with van der Waals surface area (Å²) < 4.78 is 7.53. The first-order valence-electron chi connectivity index (χ1n) is 10.8. The van der Waals surface area contributed by atoms with E-state index in [0.717, 1.165) is 31.2 Å². The van der Waals surface area contributed by atoms with E-state index in [1.165, 1.54) is 29.5 Å². The molecule has 0 atom stereocenters. The van der Waals surface area contributed by atoms with Crippen molar-refractivity contribution in [3.63, 3.8) is 0 Å². The molecule has 7 nitrogen and oxygen atoms in total. The Kier molecular flexibility index (Phi) is 7.91. The molecule has 0 radical (unpaired) electrons. The van der Waals surface area contributed by atoms with Crippen LogP contribution in [0.15, 0.2) is 29.4 Å². The SMILES string of the molecule is Cn1c(COc2ccccc2Cl)nnc1SCC(=O)Nc1sc2c(c1C#N)CCCCCC2. The fraction of sp³-hybridized carbons (Fsp3) is 0.391. The van der Waals surface area contributed by atoms with Gasteiger partial charge in [0.15, 0.2) is 11.0 Å². The second-order valence-corrected chi connectivity index (χ2v) is 10.2. The van der Waals surface area contributed by atoms with Crippen LogP contribution in [0.1, 0.15) is 47.5 Å². The molecule has 33 heavy (non-hydrogen) atoms. The number of carbonyl (C=O) groups excluding carboxylic acids is 1. The van der Waals surface area contributed by atoms with E-state index in [1.54, 1.807) is 28.0 Å². The van der Waals surface area contributed by atoms with Crippen molar-refractivity contribution >= 4 is 45.6 Å². The minimum Gasteiger partial charge on any atom is -0.484 e. The summed E-state index contributed by atoms with van der Waals surface area (Å²) in [5, 5.41) is 22.8. The maximum absolute atomic E-state index is 12.6. The van der Waals surface area contributed by atoms with Crippen molar-refractivity contribution in [3.8, 4) is 11.8 Å². The maximum Gasteiger partial charge on any atom is 0.235 e. The molecule has 1 aliphatic rings. The van der Waals surface area contributed by atoms with E-state index in [0.29, 0.717) is 32.3 Å². The molecule has 0 saturated carbocycles. The number of aromatic nitrogens is 3. The van der Waals surface area contributed by atoms with Crippen molar-refractivity contribution < 1.29 is 9.53 Å². The molecule has 1 amide bonds. The number of aryl methyl sites for hydroxylation is 1. The average Bonchev–Trinajstić information content (AvgIpc) is 3.30. The number of benzene rings is 1. The number of rotatable bonds is 7. The van der Waals surface area contributed by atoms with Crippen molar-refractivity contribution in [2.45, 2.75) is 50.3 Å². The van der Waals surface area contributed by atoms with Gasteiger partial charge in [-0.15, -0.1) is 21.5 Å². The maximum atomic E-state index is 12.6. The average molecular weight is 502 g/mol. The van der Waals surface area contributed by atoms with E-state index >= 15 is 0 Å². The van der Waals surface area contributed by atoms with Crippen molar-refractivity contribution in [3.05, 3.63) is 51.1 Å². The molecular weight excluding hydrogens is 478 g/mol. The zero-order valence-electron chi connectivity index (χ0n) is 18.3. The third-order valence-electron chi connectivity index (χ3n) is 5.49. The molecule has 3 aromatic rings. The Morgan fingerprint density at radius 1 is 1.27 bits per heavy atom. The van der Waals surface area contributed by atoms with Crippen LogP contribution in [-0.4, -0.2) is 26.4 Å². The number of nitrogens with zero attached hydrogens (tertiary/aromatic N) is 4. The highest BCUT2D eigenvalue weighted by Gasteiger charge is 2.21. The summed E-state index contributed by atoms with van der Waals surface area (Å²) in [5.41, 5.74) is 1.76. The van der Waals surface area contributed by atoms with Crippen LogP contribution in [0.2, 0.25) is 5.02 Å². The van der Waals surface area contributed by atoms with E-state index in [-0.39, 0.29) is 18.3 Å². The van der Waals surface area contributed by atoms with Gasteiger partial charge in [0.05, 0.1) is 16.3 Å². The number of hydrogen-bond donors (Lipinski definition) is 1. The zero-order chi connectivity index (χ0) is 23.2. The molecule has 10 heteroatoms. The molecular formula is C23H24ClN5O2S2. The van der Waals surface area contributed by atoms with Crippen LogP contribution >= 0.6 is 34.7 Å². The van der Waals surface area contributed by atoms with Crippen molar-refractivity contribution in [1.29, 1.82) is 5.26 Å². The van der Waals surface area contributed by atoms with Gasteiger partial charge in [-0.2, -0.15) is 5.26 Å². The second-order valence-electron chi connectivity index (χ2n) is 7.75. The van der Waals surface area contributed by atoms with E-state index in [4.69, 9.17) is 16.3 Å². The summed E-state index contributed by atoms with van der Waals surface area (Å²) in [6.07, 6.45) is 6.55. The standard InChI is InChI=1S/C23H24ClN5O2S2/c1-29-20(13-31-18-10-7-6-9-17(18)24)27-28-23(29)32-14-21(30)26-22-16(12-25)15-8-4-2-3-5-11-19(15)33-22/h6-7,9-10H,2-5,8,11,13-14H2,1H3,(H,26,30). The van der Waals surface area contributed by atoms with Crippen LogP contribution < -0.4 is 10.1 Å². The molecule has 2 heterocycles. The van der Waals surface area contributed by atoms with Crippen molar-refractivity contribution in [1.82, 2.24) is 14.8 Å². The number of nitriles is 1. The summed E-state index contributed by atoms with van der Waals surface area (Å²) >= 11 is 8.96. The van der Waals surface area contributed by atoms with Crippen LogP contribution in [0.4, 0.5) is 5.00 Å². The Balaban J connectivity index is 1.35. The molecule has 4 rings (SSSR count). The lowest BCUT2D eigenvalue weighted by atomic mass is 9.97. The van der Waals surface area contributed by atoms with Gasteiger partial charge in [0.1, 0.15) is 23.4 Å². The lowest BCUT2D eigenvalue weighted by Crippen LogP contribution is -2.14. The number of hydrogen-bond acceptors (Lipinski definition) is 7. The molecule has 0 aliphatic heterocycles. The predicted molar refractivity (Wildman–Crippen MR) is 131 cm³/mol. The van der Waals surface area contributed by atoms with Gasteiger partial charge in [-0.25, -0.2) is 0 Å². The smallest absolute Gasteiger partial charge is 0.235 e. The zero-order valence-corrected chi connectivity index (χ0v) is 20.7. The minimum atomic E-state index is -0.164. The lowest BCUT2D eigenvalue weighted by molar-refractivity contribution is -0.113. The number of thioether (sulfide) groups is 1. The number of fused-ring (bicyclic) bond motifs is 1. The number of carbonyl (C=O) groups is 1. The van der Waals surface area contributed by atoms with E-state index in [2.05, 4.69) is 21.6 Å². The molecule has 1 N–H and O–H groups in total. The highest BCUT2D eigenvalue weighted by Crippen LogP contribution is 2.36. The minimum absolute atomic E-state index is 0.164. The fourth-order valence-electron chi connectivity index (χ4n) is 3.72. The van der Waals surface area contributed by atoms with Gasteiger partial charge >= 0.3 is 0 Å². The van der Waals surface area contributed by atoms with Crippen LogP contribution in [0.5, 0.6) is 5.75 Å². The summed E-state index contributed by atoms with van der Waals surface area (Å²) in [5.74, 6) is 1.21. The Morgan fingerprint density at radius 2 is 2.06 bits per heavy atom. The van der Waals surface area contributed by atoms with Crippen LogP contribution in [0.3, 0.4) is 0 Å². The van der Waals surface area contributed by atoms with Crippen molar-refractivity contribution in [2.24, 2.45) is 7.05 Å². The van der Waals surface area contributed by atoms with Gasteiger partial charge in [-0.05, 0) is 43.4 Å². The van der Waals surface area contributed by atoms with Crippen LogP contribution in [0, 0.1) is 11.3 Å². The normalized spacial score (nSPS) is 13.5. The van der Waals surface area contributed by atoms with Crippen LogP contribution in [0.25, 0.3) is 0 Å². The number of para-hydroxylation sites is 1. The Hall–Kier alpha value is -2.54. The molecule has 0 saturated heterocycles. The predicted octanol–water partition coefficient (Wildman–Crippen LogP) is 5.37. The van der Waals surface area contributed by atoms with E-state index in [9.17, 15) is 10.1 Å². The van der Waals surface area contributed by atoms with Crippen molar-refractivity contribution in [2.75, 3.05) is 11.1 Å². The first-order valence-corrected chi connectivity index (χ1v) is 13.0. The van der Waals surface area contributed by atoms with E-state index in [1.807, 2.05) is 19.2 Å². The summed E-state index contributed by atoms with van der Waals surface area (Å²) in [4.78, 5) is 13.9. The Morgan fingerprint density at radius 3 is 2.85 bits per heavy atom.